The van der Waals surface area contributed by atoms with Gasteiger partial charge in [0, 0.05) is 26.1 Å². The van der Waals surface area contributed by atoms with E-state index in [1.54, 1.807) is 12.1 Å². The van der Waals surface area contributed by atoms with Crippen LogP contribution in [-0.2, 0) is 10.3 Å². The molecule has 0 heterocycles. The molecule has 2 fully saturated rings. The van der Waals surface area contributed by atoms with Gasteiger partial charge in [0.25, 0.3) is 0 Å². The molecule has 2 aliphatic rings. The van der Waals surface area contributed by atoms with E-state index >= 15 is 0 Å². The van der Waals surface area contributed by atoms with Gasteiger partial charge in [-0.3, -0.25) is 9.69 Å². The molecule has 0 saturated heterocycles. The molecule has 0 unspecified atom stereocenters. The zero-order chi connectivity index (χ0) is 20.4. The van der Waals surface area contributed by atoms with Crippen molar-refractivity contribution in [2.45, 2.75) is 43.2 Å². The van der Waals surface area contributed by atoms with Gasteiger partial charge < -0.3 is 9.80 Å². The van der Waals surface area contributed by atoms with Gasteiger partial charge in [-0.1, -0.05) is 12.1 Å². The molecular weight excluding hydrogens is 355 g/mol. The number of amides is 1. The molecule has 0 bridgehead atoms. The second-order valence-electron chi connectivity index (χ2n) is 8.86. The quantitative estimate of drug-likeness (QED) is 0.580. The number of carbonyl (C=O) groups is 1. The lowest BCUT2D eigenvalue weighted by Crippen LogP contribution is -2.71. The first-order valence-corrected chi connectivity index (χ1v) is 10.1. The van der Waals surface area contributed by atoms with Crippen LogP contribution in [0.25, 0.3) is 0 Å². The highest BCUT2D eigenvalue weighted by molar-refractivity contribution is 5.51. The molecule has 0 radical (unpaired) electrons. The van der Waals surface area contributed by atoms with Crippen LogP contribution in [0.5, 0.6) is 0 Å². The van der Waals surface area contributed by atoms with Gasteiger partial charge in [0.2, 0.25) is 6.41 Å². The summed E-state index contributed by atoms with van der Waals surface area (Å²) < 4.78 is 13.9. The first-order chi connectivity index (χ1) is 13.3. The standard InChI is InChI=1S/C22H31FN4O/c1-25(2)22(19-6-4-7-20(23)12-19)14-21(15-22,16-26(3)11-5-10-24)27(17-28)13-18-8-9-18/h4,6-7,12,17-18H,5,8-9,11,13-16H2,1-3H3. The van der Waals surface area contributed by atoms with Gasteiger partial charge in [0.1, 0.15) is 5.82 Å². The molecule has 1 amide bonds. The number of benzene rings is 1. The molecule has 5 nitrogen and oxygen atoms in total. The van der Waals surface area contributed by atoms with Gasteiger partial charge in [-0.2, -0.15) is 5.26 Å². The average Bonchev–Trinajstić information content (AvgIpc) is 3.44. The second-order valence-corrected chi connectivity index (χ2v) is 8.86. The number of likely N-dealkylation sites (N-methyl/N-ethyl adjacent to an activating group) is 1. The van der Waals surface area contributed by atoms with Crippen molar-refractivity contribution in [3.05, 3.63) is 35.6 Å². The summed E-state index contributed by atoms with van der Waals surface area (Å²) in [7, 11) is 6.07. The topological polar surface area (TPSA) is 50.6 Å². The molecule has 0 atom stereocenters. The molecule has 1 aromatic rings. The predicted octanol–water partition coefficient (Wildman–Crippen LogP) is 2.83. The van der Waals surface area contributed by atoms with Crippen molar-refractivity contribution < 1.29 is 9.18 Å². The summed E-state index contributed by atoms with van der Waals surface area (Å²) in [5, 5.41) is 8.91. The summed E-state index contributed by atoms with van der Waals surface area (Å²) in [5.41, 5.74) is 0.388. The van der Waals surface area contributed by atoms with Crippen molar-refractivity contribution in [2.75, 3.05) is 40.8 Å². The first kappa shape index (κ1) is 20.8. The third-order valence-electron chi connectivity index (χ3n) is 6.52. The lowest BCUT2D eigenvalue weighted by atomic mass is 9.58. The third kappa shape index (κ3) is 4.06. The Kier molecular flexibility index (Phi) is 6.07. The van der Waals surface area contributed by atoms with E-state index in [0.29, 0.717) is 18.9 Å². The molecule has 0 N–H and O–H groups in total. The number of hydrogen-bond donors (Lipinski definition) is 0. The van der Waals surface area contributed by atoms with E-state index in [1.165, 1.54) is 18.9 Å². The van der Waals surface area contributed by atoms with Crippen LogP contribution in [0.2, 0.25) is 0 Å². The van der Waals surface area contributed by atoms with Gasteiger partial charge in [0.15, 0.2) is 0 Å². The molecule has 0 aromatic heterocycles. The third-order valence-corrected chi connectivity index (χ3v) is 6.52. The fraction of sp³-hybridized carbons (Fsp3) is 0.636. The Morgan fingerprint density at radius 2 is 2.00 bits per heavy atom. The zero-order valence-corrected chi connectivity index (χ0v) is 17.2. The van der Waals surface area contributed by atoms with Gasteiger partial charge >= 0.3 is 0 Å². The minimum Gasteiger partial charge on any atom is -0.338 e. The Balaban J connectivity index is 1.88. The second kappa shape index (κ2) is 8.18. The predicted molar refractivity (Wildman–Crippen MR) is 107 cm³/mol. The lowest BCUT2D eigenvalue weighted by molar-refractivity contribution is -0.146. The van der Waals surface area contributed by atoms with Crippen LogP contribution >= 0.6 is 0 Å². The van der Waals surface area contributed by atoms with Gasteiger partial charge in [-0.05, 0) is 70.4 Å². The molecule has 3 rings (SSSR count). The van der Waals surface area contributed by atoms with Crippen molar-refractivity contribution in [2.24, 2.45) is 5.92 Å². The summed E-state index contributed by atoms with van der Waals surface area (Å²) in [6.45, 7) is 2.20. The number of nitrogens with zero attached hydrogens (tertiary/aromatic N) is 4. The summed E-state index contributed by atoms with van der Waals surface area (Å²) in [6.07, 6.45) is 5.37. The summed E-state index contributed by atoms with van der Waals surface area (Å²) >= 11 is 0. The first-order valence-electron chi connectivity index (χ1n) is 10.1. The normalized spacial score (nSPS) is 26.8. The van der Waals surface area contributed by atoms with Crippen LogP contribution in [0.3, 0.4) is 0 Å². The number of halogens is 1. The fourth-order valence-corrected chi connectivity index (χ4v) is 4.75. The van der Waals surface area contributed by atoms with Crippen molar-refractivity contribution in [1.82, 2.24) is 14.7 Å². The average molecular weight is 387 g/mol. The molecule has 0 spiro atoms. The van der Waals surface area contributed by atoms with E-state index < -0.39 is 0 Å². The van der Waals surface area contributed by atoms with E-state index in [4.69, 9.17) is 5.26 Å². The molecule has 0 aliphatic heterocycles. The van der Waals surface area contributed by atoms with E-state index in [9.17, 15) is 9.18 Å². The van der Waals surface area contributed by atoms with Gasteiger partial charge in [-0.15, -0.1) is 0 Å². The Bertz CT molecular complexity index is 734. The molecule has 6 heteroatoms. The number of rotatable bonds is 10. The fourth-order valence-electron chi connectivity index (χ4n) is 4.75. The minimum absolute atomic E-state index is 0.229. The minimum atomic E-state index is -0.289. The number of hydrogen-bond acceptors (Lipinski definition) is 4. The van der Waals surface area contributed by atoms with E-state index in [-0.39, 0.29) is 16.9 Å². The monoisotopic (exact) mass is 386 g/mol. The van der Waals surface area contributed by atoms with Crippen LogP contribution in [0, 0.1) is 23.1 Å². The summed E-state index contributed by atoms with van der Waals surface area (Å²) in [4.78, 5) is 18.4. The Morgan fingerprint density at radius 1 is 1.29 bits per heavy atom. The Morgan fingerprint density at radius 3 is 2.54 bits per heavy atom. The maximum absolute atomic E-state index is 13.9. The van der Waals surface area contributed by atoms with Crippen molar-refractivity contribution in [1.29, 1.82) is 5.26 Å². The van der Waals surface area contributed by atoms with Crippen LogP contribution in [0.15, 0.2) is 24.3 Å². The lowest BCUT2D eigenvalue weighted by Gasteiger charge is -2.63. The van der Waals surface area contributed by atoms with Crippen molar-refractivity contribution in [3.8, 4) is 6.07 Å². The largest absolute Gasteiger partial charge is 0.338 e. The molecule has 2 aliphatic carbocycles. The Hall–Kier alpha value is -1.97. The van der Waals surface area contributed by atoms with Crippen LogP contribution < -0.4 is 0 Å². The highest BCUT2D eigenvalue weighted by atomic mass is 19.1. The molecule has 152 valence electrons. The number of nitriles is 1. The van der Waals surface area contributed by atoms with Crippen LogP contribution in [-0.4, -0.2) is 67.4 Å². The van der Waals surface area contributed by atoms with Gasteiger partial charge in [0.05, 0.1) is 17.1 Å². The van der Waals surface area contributed by atoms with E-state index in [0.717, 1.165) is 37.9 Å². The molecule has 1 aromatic carbocycles. The maximum atomic E-state index is 13.9. The van der Waals surface area contributed by atoms with E-state index in [1.807, 2.05) is 32.1 Å². The summed E-state index contributed by atoms with van der Waals surface area (Å²) in [6, 6.07) is 9.03. The number of carbonyl (C=O) groups excluding carboxylic acids is 1. The van der Waals surface area contributed by atoms with Crippen molar-refractivity contribution in [3.63, 3.8) is 0 Å². The van der Waals surface area contributed by atoms with Crippen molar-refractivity contribution >= 4 is 6.41 Å². The summed E-state index contributed by atoms with van der Waals surface area (Å²) in [5.74, 6) is 0.377. The SMILES string of the molecule is CN(CCC#N)CC1(N(C=O)CC2CC2)CC(c2cccc(F)c2)(N(C)C)C1. The van der Waals surface area contributed by atoms with Crippen LogP contribution in [0.1, 0.15) is 37.7 Å². The molecular formula is C22H31FN4O. The molecule has 2 saturated carbocycles. The Labute approximate surface area is 167 Å². The highest BCUT2D eigenvalue weighted by Crippen LogP contribution is 2.55. The smallest absolute Gasteiger partial charge is 0.210 e. The molecule has 28 heavy (non-hydrogen) atoms. The van der Waals surface area contributed by atoms with Gasteiger partial charge in [-0.25, -0.2) is 4.39 Å². The maximum Gasteiger partial charge on any atom is 0.210 e. The van der Waals surface area contributed by atoms with E-state index in [2.05, 4.69) is 15.9 Å². The zero-order valence-electron chi connectivity index (χ0n) is 17.2. The van der Waals surface area contributed by atoms with Crippen LogP contribution in [0.4, 0.5) is 4.39 Å². The highest BCUT2D eigenvalue weighted by Gasteiger charge is 2.60.